The lowest BCUT2D eigenvalue weighted by Crippen LogP contribution is -2.23. The Labute approximate surface area is 99.4 Å². The number of nitrogens with two attached hydrogens (primary N) is 1. The van der Waals surface area contributed by atoms with Crippen molar-refractivity contribution in [3.8, 4) is 0 Å². The molecule has 0 aliphatic carbocycles. The Kier molecular flexibility index (Phi) is 3.77. The lowest BCUT2D eigenvalue weighted by atomic mass is 10.3. The van der Waals surface area contributed by atoms with Crippen molar-refractivity contribution in [2.75, 3.05) is 12.3 Å². The number of nitrogen functional groups attached to an aromatic ring is 1. The Bertz CT molecular complexity index is 621. The number of anilines is 1. The van der Waals surface area contributed by atoms with E-state index in [9.17, 15) is 16.8 Å². The Balaban J connectivity index is 3.43. The van der Waals surface area contributed by atoms with Gasteiger partial charge in [-0.3, -0.25) is 4.55 Å². The van der Waals surface area contributed by atoms with Crippen LogP contribution in [0.25, 0.3) is 0 Å². The SMILES string of the molecule is CCNS(=O)(=O)c1ccc(N)c(S(=O)(=O)O)c1. The second-order valence-electron chi connectivity index (χ2n) is 3.18. The number of sulfonamides is 1. The van der Waals surface area contributed by atoms with Gasteiger partial charge in [-0.2, -0.15) is 8.42 Å². The van der Waals surface area contributed by atoms with Crippen LogP contribution in [0.15, 0.2) is 28.0 Å². The van der Waals surface area contributed by atoms with Crippen molar-refractivity contribution in [1.82, 2.24) is 4.72 Å². The van der Waals surface area contributed by atoms with Gasteiger partial charge in [0.05, 0.1) is 10.6 Å². The molecular formula is C8H12N2O5S2. The molecule has 0 aliphatic rings. The zero-order valence-electron chi connectivity index (χ0n) is 8.91. The molecule has 0 unspecified atom stereocenters. The molecule has 0 amide bonds. The molecule has 0 radical (unpaired) electrons. The van der Waals surface area contributed by atoms with Gasteiger partial charge in [0.15, 0.2) is 0 Å². The van der Waals surface area contributed by atoms with Crippen LogP contribution in [0, 0.1) is 0 Å². The van der Waals surface area contributed by atoms with Crippen molar-refractivity contribution in [3.05, 3.63) is 18.2 Å². The van der Waals surface area contributed by atoms with E-state index in [2.05, 4.69) is 4.72 Å². The van der Waals surface area contributed by atoms with Crippen LogP contribution in [0.1, 0.15) is 6.92 Å². The van der Waals surface area contributed by atoms with Crippen LogP contribution in [0.5, 0.6) is 0 Å². The molecule has 9 heteroatoms. The Morgan fingerprint density at radius 2 is 1.88 bits per heavy atom. The Morgan fingerprint density at radius 1 is 1.29 bits per heavy atom. The summed E-state index contributed by atoms with van der Waals surface area (Å²) in [5, 5.41) is 0. The van der Waals surface area contributed by atoms with E-state index in [1.807, 2.05) is 0 Å². The number of hydrogen-bond donors (Lipinski definition) is 3. The quantitative estimate of drug-likeness (QED) is 0.518. The molecule has 0 fully saturated rings. The predicted molar refractivity (Wildman–Crippen MR) is 61.5 cm³/mol. The lowest BCUT2D eigenvalue weighted by molar-refractivity contribution is 0.483. The highest BCUT2D eigenvalue weighted by atomic mass is 32.2. The first kappa shape index (κ1) is 13.9. The fourth-order valence-electron chi connectivity index (χ4n) is 1.18. The van der Waals surface area contributed by atoms with E-state index in [0.717, 1.165) is 18.2 Å². The van der Waals surface area contributed by atoms with Crippen molar-refractivity contribution in [2.45, 2.75) is 16.7 Å². The van der Waals surface area contributed by atoms with Crippen molar-refractivity contribution < 1.29 is 21.4 Å². The van der Waals surface area contributed by atoms with E-state index in [4.69, 9.17) is 10.3 Å². The first-order valence-corrected chi connectivity index (χ1v) is 7.47. The molecule has 96 valence electrons. The molecule has 0 spiro atoms. The standard InChI is InChI=1S/C8H12N2O5S2/c1-2-10-16(11,12)6-3-4-7(9)8(5-6)17(13,14)15/h3-5,10H,2,9H2,1H3,(H,13,14,15). The van der Waals surface area contributed by atoms with Gasteiger partial charge >= 0.3 is 0 Å². The van der Waals surface area contributed by atoms with Crippen LogP contribution in [-0.4, -0.2) is 27.9 Å². The second-order valence-corrected chi connectivity index (χ2v) is 6.33. The molecule has 0 saturated carbocycles. The van der Waals surface area contributed by atoms with Crippen LogP contribution < -0.4 is 10.5 Å². The zero-order valence-corrected chi connectivity index (χ0v) is 10.5. The third kappa shape index (κ3) is 3.16. The highest BCUT2D eigenvalue weighted by Gasteiger charge is 2.19. The highest BCUT2D eigenvalue weighted by molar-refractivity contribution is 7.89. The minimum atomic E-state index is -4.55. The molecule has 7 nitrogen and oxygen atoms in total. The van der Waals surface area contributed by atoms with Crippen LogP contribution in [0.4, 0.5) is 5.69 Å². The van der Waals surface area contributed by atoms with E-state index < -0.39 is 25.0 Å². The minimum absolute atomic E-state index is 0.161. The fourth-order valence-corrected chi connectivity index (χ4v) is 2.96. The molecule has 1 aromatic rings. The van der Waals surface area contributed by atoms with Gasteiger partial charge in [0.2, 0.25) is 10.0 Å². The first-order valence-electron chi connectivity index (χ1n) is 4.55. The van der Waals surface area contributed by atoms with Gasteiger partial charge in [-0.05, 0) is 18.2 Å². The number of nitrogens with one attached hydrogen (secondary N) is 1. The molecule has 1 aromatic carbocycles. The third-order valence-electron chi connectivity index (χ3n) is 1.91. The summed E-state index contributed by atoms with van der Waals surface area (Å²) in [5.41, 5.74) is 5.12. The van der Waals surface area contributed by atoms with Crippen LogP contribution in [0.3, 0.4) is 0 Å². The van der Waals surface area contributed by atoms with Gasteiger partial charge in [-0.15, -0.1) is 0 Å². The lowest BCUT2D eigenvalue weighted by Gasteiger charge is -2.07. The molecular weight excluding hydrogens is 268 g/mol. The minimum Gasteiger partial charge on any atom is -0.398 e. The molecule has 0 heterocycles. The summed E-state index contributed by atoms with van der Waals surface area (Å²) in [6, 6.07) is 3.07. The molecule has 0 aliphatic heterocycles. The Morgan fingerprint density at radius 3 is 2.35 bits per heavy atom. The maximum Gasteiger partial charge on any atom is 0.296 e. The molecule has 0 saturated heterocycles. The highest BCUT2D eigenvalue weighted by Crippen LogP contribution is 2.22. The third-order valence-corrected chi connectivity index (χ3v) is 4.36. The van der Waals surface area contributed by atoms with E-state index in [-0.39, 0.29) is 17.1 Å². The van der Waals surface area contributed by atoms with Gasteiger partial charge in [0, 0.05) is 6.54 Å². The van der Waals surface area contributed by atoms with E-state index in [1.165, 1.54) is 0 Å². The number of benzene rings is 1. The fraction of sp³-hybridized carbons (Fsp3) is 0.250. The van der Waals surface area contributed by atoms with Crippen LogP contribution in [0.2, 0.25) is 0 Å². The summed E-state index contributed by atoms with van der Waals surface area (Å²) in [4.78, 5) is -0.905. The largest absolute Gasteiger partial charge is 0.398 e. The van der Waals surface area contributed by atoms with Gasteiger partial charge in [-0.25, -0.2) is 13.1 Å². The second kappa shape index (κ2) is 4.61. The topological polar surface area (TPSA) is 127 Å². The smallest absolute Gasteiger partial charge is 0.296 e. The first-order chi connectivity index (χ1) is 7.68. The number of rotatable bonds is 4. The molecule has 0 aromatic heterocycles. The van der Waals surface area contributed by atoms with E-state index >= 15 is 0 Å². The van der Waals surface area contributed by atoms with Gasteiger partial charge in [0.1, 0.15) is 4.90 Å². The maximum absolute atomic E-state index is 11.6. The normalized spacial score (nSPS) is 12.6. The molecule has 0 atom stereocenters. The molecule has 0 bridgehead atoms. The summed E-state index contributed by atoms with van der Waals surface area (Å²) in [5.74, 6) is 0. The van der Waals surface area contributed by atoms with Crippen LogP contribution in [-0.2, 0) is 20.1 Å². The monoisotopic (exact) mass is 280 g/mol. The molecule has 4 N–H and O–H groups in total. The van der Waals surface area contributed by atoms with Gasteiger partial charge < -0.3 is 5.73 Å². The van der Waals surface area contributed by atoms with Crippen molar-refractivity contribution in [3.63, 3.8) is 0 Å². The zero-order chi connectivity index (χ0) is 13.3. The Hall–Kier alpha value is -1.16. The van der Waals surface area contributed by atoms with E-state index in [0.29, 0.717) is 0 Å². The number of hydrogen-bond acceptors (Lipinski definition) is 5. The summed E-state index contributed by atoms with van der Waals surface area (Å²) in [7, 11) is -8.34. The van der Waals surface area contributed by atoms with Crippen molar-refractivity contribution in [2.24, 2.45) is 0 Å². The average molecular weight is 280 g/mol. The summed E-state index contributed by atoms with van der Waals surface area (Å²) < 4.78 is 56.1. The molecule has 17 heavy (non-hydrogen) atoms. The van der Waals surface area contributed by atoms with Crippen molar-refractivity contribution >= 4 is 25.8 Å². The average Bonchev–Trinajstić information content (AvgIpc) is 2.15. The summed E-state index contributed by atoms with van der Waals surface area (Å²) in [6.45, 7) is 1.74. The predicted octanol–water partition coefficient (Wildman–Crippen LogP) is -0.186. The van der Waals surface area contributed by atoms with Crippen molar-refractivity contribution in [1.29, 1.82) is 0 Å². The maximum atomic E-state index is 11.6. The summed E-state index contributed by atoms with van der Waals surface area (Å²) in [6.07, 6.45) is 0. The van der Waals surface area contributed by atoms with Crippen LogP contribution >= 0.6 is 0 Å². The summed E-state index contributed by atoms with van der Waals surface area (Å²) >= 11 is 0. The van der Waals surface area contributed by atoms with E-state index in [1.54, 1.807) is 6.92 Å². The van der Waals surface area contributed by atoms with Gasteiger partial charge in [0.25, 0.3) is 10.1 Å². The van der Waals surface area contributed by atoms with Gasteiger partial charge in [-0.1, -0.05) is 6.92 Å². The molecule has 1 rings (SSSR count).